The second-order valence-electron chi connectivity index (χ2n) is 3.43. The molecule has 92 valence electrons. The minimum atomic E-state index is -4.93. The van der Waals surface area contributed by atoms with Gasteiger partial charge in [0, 0.05) is 6.54 Å². The Morgan fingerprint density at radius 1 is 1.44 bits per heavy atom. The molecule has 8 heteroatoms. The van der Waals surface area contributed by atoms with Crippen molar-refractivity contribution < 1.29 is 32.6 Å². The summed E-state index contributed by atoms with van der Waals surface area (Å²) >= 11 is 0. The molecule has 1 aliphatic heterocycles. The average Bonchev–Trinajstić information content (AvgIpc) is 2.60. The van der Waals surface area contributed by atoms with Crippen molar-refractivity contribution in [3.63, 3.8) is 0 Å². The van der Waals surface area contributed by atoms with E-state index in [2.05, 4.69) is 0 Å². The second-order valence-corrected chi connectivity index (χ2v) is 3.43. The lowest BCUT2D eigenvalue weighted by molar-refractivity contribution is -0.174. The first-order chi connectivity index (χ1) is 7.30. The molecule has 1 saturated heterocycles. The summed E-state index contributed by atoms with van der Waals surface area (Å²) in [6.45, 7) is -0.371. The minimum Gasteiger partial charge on any atom is -0.481 e. The van der Waals surface area contributed by atoms with E-state index in [0.717, 1.165) is 0 Å². The number of rotatable bonds is 3. The third-order valence-corrected chi connectivity index (χ3v) is 2.18. The van der Waals surface area contributed by atoms with Gasteiger partial charge in [-0.3, -0.25) is 9.59 Å². The molecule has 1 heterocycles. The lowest BCUT2D eigenvalue weighted by atomic mass is 10.1. The van der Waals surface area contributed by atoms with Gasteiger partial charge in [-0.2, -0.15) is 13.2 Å². The lowest BCUT2D eigenvalue weighted by Crippen LogP contribution is -2.40. The van der Waals surface area contributed by atoms with Crippen molar-refractivity contribution in [3.8, 4) is 0 Å². The van der Waals surface area contributed by atoms with Gasteiger partial charge in [-0.05, 0) is 6.42 Å². The zero-order valence-electron chi connectivity index (χ0n) is 8.08. The minimum absolute atomic E-state index is 0.0398. The van der Waals surface area contributed by atoms with Gasteiger partial charge < -0.3 is 15.2 Å². The Bertz CT molecular complexity index is 291. The van der Waals surface area contributed by atoms with Gasteiger partial charge in [-0.25, -0.2) is 0 Å². The van der Waals surface area contributed by atoms with Crippen LogP contribution in [0.2, 0.25) is 0 Å². The van der Waals surface area contributed by atoms with Crippen molar-refractivity contribution in [1.82, 2.24) is 5.32 Å². The van der Waals surface area contributed by atoms with E-state index < -0.39 is 30.1 Å². The molecule has 0 aromatic carbocycles. The number of alkyl halides is 3. The Morgan fingerprint density at radius 3 is 2.50 bits per heavy atom. The van der Waals surface area contributed by atoms with Gasteiger partial charge in [0.15, 0.2) is 0 Å². The van der Waals surface area contributed by atoms with Crippen molar-refractivity contribution in [2.75, 3.05) is 13.2 Å². The topological polar surface area (TPSA) is 75.6 Å². The molecule has 1 rings (SSSR count). The van der Waals surface area contributed by atoms with Crippen molar-refractivity contribution in [2.24, 2.45) is 5.92 Å². The summed E-state index contributed by atoms with van der Waals surface area (Å²) in [5, 5.41) is 10.2. The predicted octanol–water partition coefficient (Wildman–Crippen LogP) is 0.155. The van der Waals surface area contributed by atoms with Crippen LogP contribution < -0.4 is 5.32 Å². The zero-order chi connectivity index (χ0) is 12.3. The second kappa shape index (κ2) is 4.69. The van der Waals surface area contributed by atoms with E-state index in [1.165, 1.54) is 0 Å². The molecule has 1 amide bonds. The largest absolute Gasteiger partial charge is 0.481 e. The van der Waals surface area contributed by atoms with Gasteiger partial charge in [-0.15, -0.1) is 0 Å². The van der Waals surface area contributed by atoms with Crippen molar-refractivity contribution >= 4 is 11.9 Å². The van der Waals surface area contributed by atoms with Crippen LogP contribution in [-0.4, -0.2) is 42.4 Å². The quantitative estimate of drug-likeness (QED) is 0.737. The fourth-order valence-electron chi connectivity index (χ4n) is 1.33. The van der Waals surface area contributed by atoms with Gasteiger partial charge in [0.1, 0.15) is 0 Å². The highest BCUT2D eigenvalue weighted by Crippen LogP contribution is 2.20. The van der Waals surface area contributed by atoms with E-state index in [1.54, 1.807) is 5.32 Å². The SMILES string of the molecule is O=C(O)[C@@H]1CO[C@H](CNC(=O)C(F)(F)F)C1. The summed E-state index contributed by atoms with van der Waals surface area (Å²) in [5.41, 5.74) is 0. The highest BCUT2D eigenvalue weighted by Gasteiger charge is 2.39. The maximum atomic E-state index is 11.8. The molecule has 0 aromatic heterocycles. The van der Waals surface area contributed by atoms with Crippen molar-refractivity contribution in [2.45, 2.75) is 18.7 Å². The number of hydrogen-bond acceptors (Lipinski definition) is 3. The number of hydrogen-bond donors (Lipinski definition) is 2. The molecular formula is C8H10F3NO4. The number of carbonyl (C=O) groups excluding carboxylic acids is 1. The Balaban J connectivity index is 2.31. The molecule has 5 nitrogen and oxygen atoms in total. The molecule has 0 unspecified atom stereocenters. The van der Waals surface area contributed by atoms with E-state index in [0.29, 0.717) is 0 Å². The van der Waals surface area contributed by atoms with E-state index in [-0.39, 0.29) is 19.6 Å². The van der Waals surface area contributed by atoms with Crippen LogP contribution in [0, 0.1) is 5.92 Å². The molecule has 0 spiro atoms. The van der Waals surface area contributed by atoms with E-state index in [9.17, 15) is 22.8 Å². The summed E-state index contributed by atoms with van der Waals surface area (Å²) < 4.78 is 40.3. The van der Waals surface area contributed by atoms with Crippen LogP contribution in [0.25, 0.3) is 0 Å². The molecule has 1 fully saturated rings. The van der Waals surface area contributed by atoms with E-state index in [1.807, 2.05) is 0 Å². The number of amides is 1. The summed E-state index contributed by atoms with van der Waals surface area (Å²) in [7, 11) is 0. The Kier molecular flexibility index (Phi) is 3.74. The van der Waals surface area contributed by atoms with Crippen LogP contribution in [-0.2, 0) is 14.3 Å². The highest BCUT2D eigenvalue weighted by atomic mass is 19.4. The number of aliphatic carboxylic acids is 1. The molecule has 0 aromatic rings. The fraction of sp³-hybridized carbons (Fsp3) is 0.750. The molecular weight excluding hydrogens is 231 g/mol. The standard InChI is InChI=1S/C8H10F3NO4/c9-8(10,11)7(15)12-2-5-1-4(3-16-5)6(13)14/h4-5H,1-3H2,(H,12,15)(H,13,14)/t4-,5-/m0/s1. The van der Waals surface area contributed by atoms with Crippen LogP contribution in [0.15, 0.2) is 0 Å². The summed E-state index contributed by atoms with van der Waals surface area (Å²) in [6.07, 6.45) is -5.49. The highest BCUT2D eigenvalue weighted by molar-refractivity contribution is 5.81. The van der Waals surface area contributed by atoms with Gasteiger partial charge in [-0.1, -0.05) is 0 Å². The van der Waals surface area contributed by atoms with Gasteiger partial charge in [0.2, 0.25) is 0 Å². The molecule has 2 atom stereocenters. The monoisotopic (exact) mass is 241 g/mol. The zero-order valence-corrected chi connectivity index (χ0v) is 8.08. The number of nitrogens with one attached hydrogen (secondary N) is 1. The molecule has 16 heavy (non-hydrogen) atoms. The molecule has 0 bridgehead atoms. The number of carboxylic acids is 1. The van der Waals surface area contributed by atoms with Crippen LogP contribution >= 0.6 is 0 Å². The fourth-order valence-corrected chi connectivity index (χ4v) is 1.33. The van der Waals surface area contributed by atoms with Gasteiger partial charge in [0.25, 0.3) is 0 Å². The molecule has 0 radical (unpaired) electrons. The van der Waals surface area contributed by atoms with E-state index >= 15 is 0 Å². The summed E-state index contributed by atoms with van der Waals surface area (Å²) in [4.78, 5) is 20.9. The number of halogens is 3. The molecule has 0 aliphatic carbocycles. The first-order valence-corrected chi connectivity index (χ1v) is 4.50. The van der Waals surface area contributed by atoms with Crippen LogP contribution in [0.4, 0.5) is 13.2 Å². The first kappa shape index (κ1) is 12.8. The summed E-state index contributed by atoms with van der Waals surface area (Å²) in [6, 6.07) is 0. The Morgan fingerprint density at radius 2 is 2.06 bits per heavy atom. The third-order valence-electron chi connectivity index (χ3n) is 2.18. The first-order valence-electron chi connectivity index (χ1n) is 4.50. The van der Waals surface area contributed by atoms with Gasteiger partial charge >= 0.3 is 18.1 Å². The van der Waals surface area contributed by atoms with Crippen LogP contribution in [0.1, 0.15) is 6.42 Å². The normalized spacial score (nSPS) is 25.4. The lowest BCUT2D eigenvalue weighted by Gasteiger charge is -2.11. The number of carbonyl (C=O) groups is 2. The van der Waals surface area contributed by atoms with Gasteiger partial charge in [0.05, 0.1) is 18.6 Å². The summed E-state index contributed by atoms with van der Waals surface area (Å²) in [5.74, 6) is -3.81. The Hall–Kier alpha value is -1.31. The smallest absolute Gasteiger partial charge is 0.471 e. The predicted molar refractivity (Wildman–Crippen MR) is 44.5 cm³/mol. The van der Waals surface area contributed by atoms with Crippen LogP contribution in [0.5, 0.6) is 0 Å². The van der Waals surface area contributed by atoms with E-state index in [4.69, 9.17) is 9.84 Å². The number of carboxylic acid groups (broad SMARTS) is 1. The molecule has 1 aliphatic rings. The third kappa shape index (κ3) is 3.37. The van der Waals surface area contributed by atoms with Crippen molar-refractivity contribution in [1.29, 1.82) is 0 Å². The molecule has 2 N–H and O–H groups in total. The maximum Gasteiger partial charge on any atom is 0.471 e. The van der Waals surface area contributed by atoms with Crippen molar-refractivity contribution in [3.05, 3.63) is 0 Å². The van der Waals surface area contributed by atoms with Crippen LogP contribution in [0.3, 0.4) is 0 Å². The average molecular weight is 241 g/mol. The number of ether oxygens (including phenoxy) is 1. The molecule has 0 saturated carbocycles. The Labute approximate surface area is 88.6 Å². The maximum absolute atomic E-state index is 11.8.